The van der Waals surface area contributed by atoms with E-state index < -0.39 is 18.3 Å². The molecule has 2 unspecified atom stereocenters. The van der Waals surface area contributed by atoms with Gasteiger partial charge in [0.1, 0.15) is 0 Å². The molecule has 5 aromatic rings. The van der Waals surface area contributed by atoms with Crippen LogP contribution in [0.4, 0.5) is 0 Å². The number of aromatic amines is 1. The average molecular weight is 1010 g/mol. The molecule has 5 aliphatic heterocycles. The van der Waals surface area contributed by atoms with Crippen LogP contribution >= 0.6 is 0 Å². The van der Waals surface area contributed by atoms with Gasteiger partial charge in [0, 0.05) is 33.8 Å². The molecule has 5 aliphatic rings. The molecule has 10 rings (SSSR count). The predicted octanol–water partition coefficient (Wildman–Crippen LogP) is 15.7. The number of hydrogen-bond donors (Lipinski definition) is 2. The summed E-state index contributed by atoms with van der Waals surface area (Å²) in [5, 5.41) is 4.15. The van der Waals surface area contributed by atoms with Crippen LogP contribution in [-0.2, 0) is 31.0 Å². The van der Waals surface area contributed by atoms with E-state index in [4.69, 9.17) is 19.3 Å². The molecule has 8 bridgehead atoms. The lowest BCUT2D eigenvalue weighted by Gasteiger charge is -2.32. The summed E-state index contributed by atoms with van der Waals surface area (Å²) < 4.78 is 13.1. The van der Waals surface area contributed by atoms with Gasteiger partial charge in [0.15, 0.2) is 0 Å². The zero-order valence-corrected chi connectivity index (χ0v) is 49.0. The highest BCUT2D eigenvalue weighted by atomic mass is 16.7. The largest absolute Gasteiger partial charge is 0.494 e. The monoisotopic (exact) mass is 1010 g/mol. The van der Waals surface area contributed by atoms with Gasteiger partial charge in [-0.2, -0.15) is 0 Å². The second-order valence-corrected chi connectivity index (χ2v) is 27.4. The van der Waals surface area contributed by atoms with Crippen molar-refractivity contribution in [3.05, 3.63) is 211 Å². The van der Waals surface area contributed by atoms with E-state index in [1.54, 1.807) is 0 Å². The van der Waals surface area contributed by atoms with E-state index in [-0.39, 0.29) is 33.6 Å². The van der Waals surface area contributed by atoms with E-state index >= 15 is 0 Å². The van der Waals surface area contributed by atoms with Gasteiger partial charge in [0.25, 0.3) is 0 Å². The third-order valence-corrected chi connectivity index (χ3v) is 16.7. The Morgan fingerprint density at radius 1 is 0.513 bits per heavy atom. The minimum absolute atomic E-state index is 0.0749. The summed E-state index contributed by atoms with van der Waals surface area (Å²) in [7, 11) is -0.475. The SMILES string of the molecule is Cc1cc(C)c(/C2=C3\C=CC(=N3)C(c3cc(C(C)(C)C)cc(C(C)(C)C)c3)C3C=C/C(=C(\c4ccc(B5OC(C)(C)C(C)(C)O5)cc4)C4=N/C(=C(/c5cc(C(C)(C)C)cc(C(C)(C)C)c5)c5ccc2[nH]5)C=C4)N3)c(C)c1. The molecule has 0 aliphatic carbocycles. The average Bonchev–Trinajstić information content (AvgIpc) is 4.18. The van der Waals surface area contributed by atoms with Crippen molar-refractivity contribution < 1.29 is 9.31 Å². The first kappa shape index (κ1) is 53.1. The van der Waals surface area contributed by atoms with Crippen LogP contribution in [0.15, 0.2) is 148 Å². The van der Waals surface area contributed by atoms with Crippen molar-refractivity contribution >= 4 is 40.7 Å². The number of aliphatic imine (C=N–C) groups is 2. The van der Waals surface area contributed by atoms with Crippen LogP contribution in [0.3, 0.4) is 0 Å². The molecule has 1 aromatic heterocycles. The van der Waals surface area contributed by atoms with E-state index in [9.17, 15) is 0 Å². The summed E-state index contributed by atoms with van der Waals surface area (Å²) >= 11 is 0. The standard InChI is InChI=1S/C69H81BN4O2/c1-40-32-41(2)59(42(3)33-40)63-57-30-28-55(73-57)61(44-34-46(64(4,5)6)38-47(35-44)65(7,8)9)53-26-24-51(71-53)60(43-20-22-50(23-21-43)70-75-68(16,17)69(18,19)76-70)52-25-27-54(72-52)62(56-29-31-58(63)74-56)45-36-48(66(10,11)12)39-49(37-45)67(13,14)15/h20-39,53,61,71,74H,1-19H3/b60-51-,62-54-,63-57+. The molecular weight excluding hydrogens is 928 g/mol. The van der Waals surface area contributed by atoms with Gasteiger partial charge < -0.3 is 19.6 Å². The lowest BCUT2D eigenvalue weighted by molar-refractivity contribution is 0.00578. The molecule has 0 spiro atoms. The molecule has 0 amide bonds. The fourth-order valence-corrected chi connectivity index (χ4v) is 11.4. The molecule has 2 atom stereocenters. The fraction of sp³-hybridized carbons (Fsp3) is 0.391. The van der Waals surface area contributed by atoms with E-state index in [0.29, 0.717) is 0 Å². The summed E-state index contributed by atoms with van der Waals surface area (Å²) in [6.45, 7) is 42.9. The van der Waals surface area contributed by atoms with Crippen LogP contribution in [0.5, 0.6) is 0 Å². The smallest absolute Gasteiger partial charge is 0.399 e. The number of aryl methyl sites for hydroxylation is 3. The summed E-state index contributed by atoms with van der Waals surface area (Å²) in [5.41, 5.74) is 23.2. The zero-order chi connectivity index (χ0) is 54.8. The molecule has 0 saturated carbocycles. The van der Waals surface area contributed by atoms with Crippen LogP contribution in [0.25, 0.3) is 16.7 Å². The number of benzene rings is 4. The minimum Gasteiger partial charge on any atom is -0.399 e. The first-order valence-corrected chi connectivity index (χ1v) is 27.6. The molecule has 1 saturated heterocycles. The topological polar surface area (TPSA) is 71.0 Å². The van der Waals surface area contributed by atoms with Crippen LogP contribution in [0.2, 0.25) is 0 Å². The van der Waals surface area contributed by atoms with Crippen molar-refractivity contribution in [1.29, 1.82) is 0 Å². The van der Waals surface area contributed by atoms with Crippen LogP contribution < -0.4 is 10.8 Å². The molecule has 6 nitrogen and oxygen atoms in total. The summed E-state index contributed by atoms with van der Waals surface area (Å²) in [4.78, 5) is 15.6. The Balaban J connectivity index is 1.26. The van der Waals surface area contributed by atoms with Crippen molar-refractivity contribution in [2.75, 3.05) is 0 Å². The Bertz CT molecular complexity index is 3350. The Morgan fingerprint density at radius 2 is 1.01 bits per heavy atom. The number of rotatable bonds is 5. The molecule has 392 valence electrons. The normalized spacial score (nSPS) is 23.2. The predicted molar refractivity (Wildman–Crippen MR) is 322 cm³/mol. The molecule has 2 N–H and O–H groups in total. The fourth-order valence-electron chi connectivity index (χ4n) is 11.4. The maximum absolute atomic E-state index is 6.55. The molecule has 7 heteroatoms. The molecule has 4 aromatic carbocycles. The van der Waals surface area contributed by atoms with Gasteiger partial charge in [0.2, 0.25) is 0 Å². The van der Waals surface area contributed by atoms with Crippen molar-refractivity contribution in [1.82, 2.24) is 10.3 Å². The molecule has 0 radical (unpaired) electrons. The van der Waals surface area contributed by atoms with Gasteiger partial charge in [-0.15, -0.1) is 0 Å². The van der Waals surface area contributed by atoms with E-state index in [1.165, 1.54) is 50.1 Å². The highest BCUT2D eigenvalue weighted by Crippen LogP contribution is 2.44. The number of nitrogens with zero attached hydrogens (tertiary/aromatic N) is 2. The summed E-state index contributed by atoms with van der Waals surface area (Å²) in [6, 6.07) is 32.2. The molecule has 1 fully saturated rings. The second kappa shape index (κ2) is 18.4. The third-order valence-electron chi connectivity index (χ3n) is 16.7. The van der Waals surface area contributed by atoms with Crippen molar-refractivity contribution in [2.45, 2.75) is 176 Å². The van der Waals surface area contributed by atoms with Crippen molar-refractivity contribution in [3.63, 3.8) is 0 Å². The van der Waals surface area contributed by atoms with Crippen molar-refractivity contribution in [2.24, 2.45) is 9.98 Å². The summed E-state index contributed by atoms with van der Waals surface area (Å²) in [5.74, 6) is -0.137. The first-order valence-electron chi connectivity index (χ1n) is 27.6. The first-order chi connectivity index (χ1) is 35.4. The van der Waals surface area contributed by atoms with E-state index in [1.807, 2.05) is 0 Å². The Labute approximate surface area is 455 Å². The number of fused-ring (bicyclic) bond motifs is 6. The Kier molecular flexibility index (Phi) is 12.9. The molecule has 76 heavy (non-hydrogen) atoms. The van der Waals surface area contributed by atoms with Crippen LogP contribution in [0, 0.1) is 20.8 Å². The number of aromatic nitrogens is 1. The van der Waals surface area contributed by atoms with E-state index in [2.05, 4.69) is 263 Å². The summed E-state index contributed by atoms with van der Waals surface area (Å²) in [6.07, 6.45) is 13.6. The van der Waals surface area contributed by atoms with Gasteiger partial charge in [0.05, 0.1) is 46.0 Å². The van der Waals surface area contributed by atoms with E-state index in [0.717, 1.165) is 73.2 Å². The Hall–Kier alpha value is -6.28. The molecular formula is C69H81BN4O2. The number of H-pyrrole nitrogens is 1. The van der Waals surface area contributed by atoms with Crippen molar-refractivity contribution in [3.8, 4) is 0 Å². The highest BCUT2D eigenvalue weighted by molar-refractivity contribution is 6.62. The maximum atomic E-state index is 6.55. The third kappa shape index (κ3) is 9.88. The van der Waals surface area contributed by atoms with Gasteiger partial charge in [-0.3, -0.25) is 4.99 Å². The van der Waals surface area contributed by atoms with Gasteiger partial charge in [-0.25, -0.2) is 4.99 Å². The maximum Gasteiger partial charge on any atom is 0.494 e. The minimum atomic E-state index is -0.475. The lowest BCUT2D eigenvalue weighted by atomic mass is 9.76. The second-order valence-electron chi connectivity index (χ2n) is 27.4. The van der Waals surface area contributed by atoms with Crippen LogP contribution in [0.1, 0.15) is 189 Å². The number of hydrogen-bond acceptors (Lipinski definition) is 5. The highest BCUT2D eigenvalue weighted by Gasteiger charge is 2.51. The Morgan fingerprint density at radius 3 is 1.55 bits per heavy atom. The van der Waals surface area contributed by atoms with Gasteiger partial charge in [-0.1, -0.05) is 168 Å². The quantitative estimate of drug-likeness (QED) is 0.172. The van der Waals surface area contributed by atoms with Gasteiger partial charge in [-0.05, 0) is 174 Å². The molecule has 6 heterocycles. The zero-order valence-electron chi connectivity index (χ0n) is 49.0. The van der Waals surface area contributed by atoms with Crippen LogP contribution in [-0.4, -0.2) is 40.8 Å². The number of nitrogens with one attached hydrogen (secondary N) is 2. The van der Waals surface area contributed by atoms with Gasteiger partial charge >= 0.3 is 7.12 Å². The number of allylic oxidation sites excluding steroid dienone is 6. The lowest BCUT2D eigenvalue weighted by Crippen LogP contribution is -2.41.